The molecule has 0 aliphatic carbocycles. The number of aliphatic imine (C=N–C) groups is 1. The normalized spacial score (nSPS) is 21.4. The van der Waals surface area contributed by atoms with Crippen molar-refractivity contribution in [2.75, 3.05) is 59.4 Å². The third-order valence-electron chi connectivity index (χ3n) is 6.11. The van der Waals surface area contributed by atoms with Crippen molar-refractivity contribution >= 4 is 29.9 Å². The second-order valence-corrected chi connectivity index (χ2v) is 8.39. The van der Waals surface area contributed by atoms with Gasteiger partial charge >= 0.3 is 6.18 Å². The van der Waals surface area contributed by atoms with Gasteiger partial charge in [-0.25, -0.2) is 0 Å². The van der Waals surface area contributed by atoms with E-state index in [0.717, 1.165) is 39.3 Å². The monoisotopic (exact) mass is 568 g/mol. The molecule has 6 nitrogen and oxygen atoms in total. The fraction of sp³-hybridized carbons (Fsp3) is 0.682. The van der Waals surface area contributed by atoms with Crippen LogP contribution in [0.25, 0.3) is 0 Å². The highest BCUT2D eigenvalue weighted by molar-refractivity contribution is 14.0. The molecule has 3 rings (SSSR count). The third-order valence-corrected chi connectivity index (χ3v) is 6.11. The minimum atomic E-state index is -4.15. The first-order valence-corrected chi connectivity index (χ1v) is 11.1. The molecule has 2 fully saturated rings. The summed E-state index contributed by atoms with van der Waals surface area (Å²) in [6.07, 6.45) is -3.47. The zero-order chi connectivity index (χ0) is 22.3. The molecule has 2 heterocycles. The SMILES string of the molecule is CCN1CCN(Cc2ccccc2CNC(=NC)NC2CCN(CC(F)(F)F)C2)CC1.I. The van der Waals surface area contributed by atoms with E-state index < -0.39 is 12.7 Å². The van der Waals surface area contributed by atoms with Crippen molar-refractivity contribution in [2.24, 2.45) is 4.99 Å². The van der Waals surface area contributed by atoms with Crippen LogP contribution in [0, 0.1) is 0 Å². The van der Waals surface area contributed by atoms with E-state index in [1.807, 2.05) is 6.07 Å². The quantitative estimate of drug-likeness (QED) is 0.301. The summed E-state index contributed by atoms with van der Waals surface area (Å²) in [5, 5.41) is 6.62. The summed E-state index contributed by atoms with van der Waals surface area (Å²) in [5.41, 5.74) is 2.51. The standard InChI is InChI=1S/C22H35F3N6.HI/c1-3-29-10-12-30(13-11-29)15-19-7-5-4-6-18(19)14-27-21(26-2)28-20-8-9-31(16-20)17-22(23,24)25;/h4-7,20H,3,8-17H2,1-2H3,(H2,26,27,28);1H. The first-order valence-electron chi connectivity index (χ1n) is 11.1. The van der Waals surface area contributed by atoms with Crippen molar-refractivity contribution in [3.63, 3.8) is 0 Å². The van der Waals surface area contributed by atoms with Crippen LogP contribution in [0.2, 0.25) is 0 Å². The first kappa shape index (κ1) is 27.1. The zero-order valence-corrected chi connectivity index (χ0v) is 21.3. The molecular weight excluding hydrogens is 532 g/mol. The van der Waals surface area contributed by atoms with Crippen LogP contribution in [0.1, 0.15) is 24.5 Å². The van der Waals surface area contributed by atoms with Crippen LogP contribution < -0.4 is 10.6 Å². The molecule has 0 bridgehead atoms. The lowest BCUT2D eigenvalue weighted by atomic mass is 10.1. The molecule has 1 atom stereocenters. The predicted octanol–water partition coefficient (Wildman–Crippen LogP) is 2.74. The van der Waals surface area contributed by atoms with E-state index in [1.165, 1.54) is 16.0 Å². The molecule has 1 aromatic carbocycles. The molecule has 2 aliphatic rings. The van der Waals surface area contributed by atoms with Crippen LogP contribution in [-0.2, 0) is 13.1 Å². The van der Waals surface area contributed by atoms with Gasteiger partial charge in [-0.3, -0.25) is 14.8 Å². The van der Waals surface area contributed by atoms with E-state index in [9.17, 15) is 13.2 Å². The van der Waals surface area contributed by atoms with Crippen LogP contribution in [0.3, 0.4) is 0 Å². The molecule has 0 amide bonds. The maximum Gasteiger partial charge on any atom is 0.401 e. The van der Waals surface area contributed by atoms with Gasteiger partial charge < -0.3 is 15.5 Å². The molecule has 0 saturated carbocycles. The van der Waals surface area contributed by atoms with Gasteiger partial charge in [0.2, 0.25) is 0 Å². The van der Waals surface area contributed by atoms with Crippen LogP contribution in [-0.4, -0.2) is 92.3 Å². The number of alkyl halides is 3. The Morgan fingerprint density at radius 2 is 1.69 bits per heavy atom. The molecular formula is C22H36F3IN6. The Kier molecular flexibility index (Phi) is 11.0. The van der Waals surface area contributed by atoms with Gasteiger partial charge in [-0.05, 0) is 24.1 Å². The number of likely N-dealkylation sites (tertiary alicyclic amines) is 1. The molecule has 1 unspecified atom stereocenters. The number of hydrogen-bond acceptors (Lipinski definition) is 4. The Morgan fingerprint density at radius 1 is 1.03 bits per heavy atom. The fourth-order valence-corrected chi connectivity index (χ4v) is 4.30. The summed E-state index contributed by atoms with van der Waals surface area (Å²) in [5.74, 6) is 0.630. The van der Waals surface area contributed by atoms with Gasteiger partial charge in [0.05, 0.1) is 6.54 Å². The fourth-order valence-electron chi connectivity index (χ4n) is 4.30. The second-order valence-electron chi connectivity index (χ2n) is 8.39. The highest BCUT2D eigenvalue weighted by Crippen LogP contribution is 2.20. The molecule has 0 spiro atoms. The molecule has 32 heavy (non-hydrogen) atoms. The van der Waals surface area contributed by atoms with Crippen molar-refractivity contribution in [1.29, 1.82) is 0 Å². The number of halogens is 4. The van der Waals surface area contributed by atoms with Crippen molar-refractivity contribution in [2.45, 2.75) is 38.7 Å². The largest absolute Gasteiger partial charge is 0.401 e. The number of hydrogen-bond donors (Lipinski definition) is 2. The topological polar surface area (TPSA) is 46.1 Å². The molecule has 2 aliphatic heterocycles. The smallest absolute Gasteiger partial charge is 0.352 e. The van der Waals surface area contributed by atoms with E-state index in [1.54, 1.807) is 7.05 Å². The van der Waals surface area contributed by atoms with Gasteiger partial charge in [0, 0.05) is 65.4 Å². The Labute approximate surface area is 206 Å². The lowest BCUT2D eigenvalue weighted by molar-refractivity contribution is -0.143. The number of guanidine groups is 1. The van der Waals surface area contributed by atoms with Crippen molar-refractivity contribution in [3.8, 4) is 0 Å². The molecule has 1 aromatic rings. The summed E-state index contributed by atoms with van der Waals surface area (Å²) < 4.78 is 37.8. The summed E-state index contributed by atoms with van der Waals surface area (Å²) in [7, 11) is 1.69. The minimum Gasteiger partial charge on any atom is -0.352 e. The van der Waals surface area contributed by atoms with Crippen molar-refractivity contribution < 1.29 is 13.2 Å². The van der Waals surface area contributed by atoms with Gasteiger partial charge in [0.15, 0.2) is 5.96 Å². The van der Waals surface area contributed by atoms with Gasteiger partial charge in [0.25, 0.3) is 0 Å². The molecule has 2 N–H and O–H groups in total. The Hall–Kier alpha value is -1.11. The molecule has 2 saturated heterocycles. The Bertz CT molecular complexity index is 722. The second kappa shape index (κ2) is 13.0. The van der Waals surface area contributed by atoms with Gasteiger partial charge in [-0.2, -0.15) is 13.2 Å². The average molecular weight is 568 g/mol. The van der Waals surface area contributed by atoms with Crippen LogP contribution in [0.5, 0.6) is 0 Å². The van der Waals surface area contributed by atoms with Crippen LogP contribution in [0.4, 0.5) is 13.2 Å². The van der Waals surface area contributed by atoms with Crippen LogP contribution in [0.15, 0.2) is 29.3 Å². The summed E-state index contributed by atoms with van der Waals surface area (Å²) in [4.78, 5) is 10.7. The maximum atomic E-state index is 12.6. The lowest BCUT2D eigenvalue weighted by Crippen LogP contribution is -2.46. The summed E-state index contributed by atoms with van der Waals surface area (Å²) in [6, 6.07) is 8.38. The van der Waals surface area contributed by atoms with E-state index in [4.69, 9.17) is 0 Å². The molecule has 0 aromatic heterocycles. The third kappa shape index (κ3) is 8.68. The number of likely N-dealkylation sites (N-methyl/N-ethyl adjacent to an activating group) is 1. The number of benzene rings is 1. The van der Waals surface area contributed by atoms with E-state index in [0.29, 0.717) is 32.0 Å². The average Bonchev–Trinajstić information content (AvgIpc) is 3.17. The highest BCUT2D eigenvalue weighted by atomic mass is 127. The summed E-state index contributed by atoms with van der Waals surface area (Å²) >= 11 is 0. The Morgan fingerprint density at radius 3 is 2.31 bits per heavy atom. The van der Waals surface area contributed by atoms with Gasteiger partial charge in [-0.1, -0.05) is 31.2 Å². The summed E-state index contributed by atoms with van der Waals surface area (Å²) in [6.45, 7) is 9.22. The van der Waals surface area contributed by atoms with E-state index >= 15 is 0 Å². The molecule has 10 heteroatoms. The number of rotatable bonds is 7. The number of nitrogens with one attached hydrogen (secondary N) is 2. The lowest BCUT2D eigenvalue weighted by Gasteiger charge is -2.34. The molecule has 0 radical (unpaired) electrons. The minimum absolute atomic E-state index is 0. The van der Waals surface area contributed by atoms with Crippen molar-refractivity contribution in [1.82, 2.24) is 25.3 Å². The number of piperazine rings is 1. The molecule has 182 valence electrons. The van der Waals surface area contributed by atoms with E-state index in [-0.39, 0.29) is 30.0 Å². The van der Waals surface area contributed by atoms with Gasteiger partial charge in [0.1, 0.15) is 0 Å². The Balaban J connectivity index is 0.00000363. The maximum absolute atomic E-state index is 12.6. The highest BCUT2D eigenvalue weighted by Gasteiger charge is 2.34. The van der Waals surface area contributed by atoms with Gasteiger partial charge in [-0.15, -0.1) is 24.0 Å². The zero-order valence-electron chi connectivity index (χ0n) is 19.0. The van der Waals surface area contributed by atoms with Crippen molar-refractivity contribution in [3.05, 3.63) is 35.4 Å². The predicted molar refractivity (Wildman–Crippen MR) is 133 cm³/mol. The number of nitrogens with zero attached hydrogens (tertiary/aromatic N) is 4. The van der Waals surface area contributed by atoms with Crippen LogP contribution >= 0.6 is 24.0 Å². The van der Waals surface area contributed by atoms with E-state index in [2.05, 4.69) is 50.5 Å². The first-order chi connectivity index (χ1) is 14.9.